The lowest BCUT2D eigenvalue weighted by Crippen LogP contribution is -2.28. The van der Waals surface area contributed by atoms with Gasteiger partial charge in [-0.1, -0.05) is 12.1 Å². The Labute approximate surface area is 125 Å². The molecular formula is C14H17BrN2OS. The van der Waals surface area contributed by atoms with E-state index in [-0.39, 0.29) is 12.1 Å². The van der Waals surface area contributed by atoms with Crippen molar-refractivity contribution in [3.63, 3.8) is 0 Å². The fourth-order valence-corrected chi connectivity index (χ4v) is 3.45. The zero-order valence-corrected chi connectivity index (χ0v) is 13.3. The summed E-state index contributed by atoms with van der Waals surface area (Å²) in [6.07, 6.45) is 0.160. The largest absolute Gasteiger partial charge is 0.491 e. The molecule has 1 atom stereocenters. The number of hydrogen-bond donors (Lipinski definition) is 2. The maximum atomic E-state index is 5.72. The Morgan fingerprint density at radius 2 is 2.11 bits per heavy atom. The van der Waals surface area contributed by atoms with Gasteiger partial charge in [0.15, 0.2) is 0 Å². The molecule has 1 heterocycles. The van der Waals surface area contributed by atoms with Crippen molar-refractivity contribution >= 4 is 27.3 Å². The molecule has 102 valence electrons. The molecule has 0 saturated heterocycles. The molecule has 0 radical (unpaired) electrons. The van der Waals surface area contributed by atoms with Gasteiger partial charge >= 0.3 is 0 Å². The fourth-order valence-electron chi connectivity index (χ4n) is 1.90. The number of hydrogen-bond acceptors (Lipinski definition) is 4. The summed E-state index contributed by atoms with van der Waals surface area (Å²) in [6, 6.07) is 7.96. The van der Waals surface area contributed by atoms with Gasteiger partial charge in [-0.15, -0.1) is 0 Å². The van der Waals surface area contributed by atoms with Gasteiger partial charge in [0.25, 0.3) is 0 Å². The van der Waals surface area contributed by atoms with E-state index in [9.17, 15) is 0 Å². The lowest BCUT2D eigenvalue weighted by Gasteiger charge is -2.18. The lowest BCUT2D eigenvalue weighted by atomic mass is 10.0. The summed E-state index contributed by atoms with van der Waals surface area (Å²) in [7, 11) is 0. The van der Waals surface area contributed by atoms with E-state index < -0.39 is 0 Å². The molecule has 1 aromatic carbocycles. The molecule has 0 aliphatic rings. The quantitative estimate of drug-likeness (QED) is 0.641. The molecule has 0 spiro atoms. The fraction of sp³-hybridized carbons (Fsp3) is 0.286. The Balaban J connectivity index is 2.31. The highest BCUT2D eigenvalue weighted by Crippen LogP contribution is 2.32. The van der Waals surface area contributed by atoms with Gasteiger partial charge in [-0.25, -0.2) is 5.43 Å². The molecule has 0 amide bonds. The number of benzene rings is 1. The molecule has 0 aliphatic carbocycles. The number of halogens is 1. The smallest absolute Gasteiger partial charge is 0.120 e. The van der Waals surface area contributed by atoms with Crippen LogP contribution in [0.5, 0.6) is 5.75 Å². The van der Waals surface area contributed by atoms with Gasteiger partial charge in [0.2, 0.25) is 0 Å². The normalized spacial score (nSPS) is 12.7. The van der Waals surface area contributed by atoms with Crippen LogP contribution in [0.2, 0.25) is 0 Å². The van der Waals surface area contributed by atoms with Crippen molar-refractivity contribution in [2.24, 2.45) is 5.84 Å². The Morgan fingerprint density at radius 3 is 2.68 bits per heavy atom. The average Bonchev–Trinajstić information content (AvgIpc) is 2.77. The zero-order valence-electron chi connectivity index (χ0n) is 10.9. The van der Waals surface area contributed by atoms with Crippen LogP contribution >= 0.6 is 27.3 Å². The highest BCUT2D eigenvalue weighted by molar-refractivity contribution is 9.10. The van der Waals surface area contributed by atoms with E-state index in [0.717, 1.165) is 21.3 Å². The minimum Gasteiger partial charge on any atom is -0.491 e. The summed E-state index contributed by atoms with van der Waals surface area (Å²) in [6.45, 7) is 4.03. The molecule has 5 heteroatoms. The van der Waals surface area contributed by atoms with Crippen molar-refractivity contribution < 1.29 is 4.74 Å². The van der Waals surface area contributed by atoms with Crippen LogP contribution in [0.3, 0.4) is 0 Å². The van der Waals surface area contributed by atoms with E-state index in [1.807, 2.05) is 43.5 Å². The van der Waals surface area contributed by atoms with E-state index in [2.05, 4.69) is 26.7 Å². The van der Waals surface area contributed by atoms with Crippen LogP contribution in [0.1, 0.15) is 31.0 Å². The van der Waals surface area contributed by atoms with Crippen LogP contribution in [0.4, 0.5) is 0 Å². The van der Waals surface area contributed by atoms with Crippen LogP contribution < -0.4 is 16.0 Å². The van der Waals surface area contributed by atoms with Crippen LogP contribution in [-0.2, 0) is 0 Å². The number of thiophene rings is 1. The van der Waals surface area contributed by atoms with Gasteiger partial charge in [0.1, 0.15) is 5.75 Å². The second kappa shape index (κ2) is 6.52. The van der Waals surface area contributed by atoms with Crippen LogP contribution in [0.15, 0.2) is 39.5 Å². The monoisotopic (exact) mass is 340 g/mol. The first kappa shape index (κ1) is 14.5. The van der Waals surface area contributed by atoms with E-state index in [1.165, 1.54) is 0 Å². The molecular weight excluding hydrogens is 324 g/mol. The summed E-state index contributed by atoms with van der Waals surface area (Å²) in [5, 5.41) is 4.14. The SMILES string of the molecule is CC(C)Oc1cccc(C(NN)c2cscc2Br)c1. The van der Waals surface area contributed by atoms with Gasteiger partial charge in [0.05, 0.1) is 12.1 Å². The Bertz CT molecular complexity index is 542. The number of ether oxygens (including phenoxy) is 1. The van der Waals surface area contributed by atoms with Crippen molar-refractivity contribution in [3.05, 3.63) is 50.6 Å². The summed E-state index contributed by atoms with van der Waals surface area (Å²) < 4.78 is 6.78. The zero-order chi connectivity index (χ0) is 13.8. The molecule has 3 N–H and O–H groups in total. The minimum atomic E-state index is -0.0451. The Morgan fingerprint density at radius 1 is 1.32 bits per heavy atom. The molecule has 1 aromatic heterocycles. The first-order valence-electron chi connectivity index (χ1n) is 6.06. The summed E-state index contributed by atoms with van der Waals surface area (Å²) in [5.41, 5.74) is 5.08. The van der Waals surface area contributed by atoms with Gasteiger partial charge in [0, 0.05) is 9.85 Å². The predicted octanol–water partition coefficient (Wildman–Crippen LogP) is 3.85. The topological polar surface area (TPSA) is 47.3 Å². The van der Waals surface area contributed by atoms with Crippen molar-refractivity contribution in [2.45, 2.75) is 26.0 Å². The van der Waals surface area contributed by atoms with Gasteiger partial charge in [-0.05, 0) is 58.4 Å². The van der Waals surface area contributed by atoms with Gasteiger partial charge in [-0.2, -0.15) is 11.3 Å². The maximum Gasteiger partial charge on any atom is 0.120 e. The van der Waals surface area contributed by atoms with Crippen molar-refractivity contribution in [1.29, 1.82) is 0 Å². The molecule has 2 rings (SSSR count). The third kappa shape index (κ3) is 3.57. The van der Waals surface area contributed by atoms with Crippen molar-refractivity contribution in [2.75, 3.05) is 0 Å². The molecule has 3 nitrogen and oxygen atoms in total. The van der Waals surface area contributed by atoms with Gasteiger partial charge in [-0.3, -0.25) is 5.84 Å². The summed E-state index contributed by atoms with van der Waals surface area (Å²) in [5.74, 6) is 6.57. The average molecular weight is 341 g/mol. The third-order valence-corrected chi connectivity index (χ3v) is 4.43. The number of nitrogens with one attached hydrogen (secondary N) is 1. The van der Waals surface area contributed by atoms with Crippen LogP contribution in [-0.4, -0.2) is 6.10 Å². The van der Waals surface area contributed by atoms with E-state index in [0.29, 0.717) is 0 Å². The first-order valence-corrected chi connectivity index (χ1v) is 7.79. The number of rotatable bonds is 5. The maximum absolute atomic E-state index is 5.72. The standard InChI is InChI=1S/C14H17BrN2OS/c1-9(2)18-11-5-3-4-10(6-11)14(17-16)12-7-19-8-13(12)15/h3-9,14,17H,16H2,1-2H3. The molecule has 19 heavy (non-hydrogen) atoms. The molecule has 1 unspecified atom stereocenters. The van der Waals surface area contributed by atoms with E-state index in [1.54, 1.807) is 11.3 Å². The highest BCUT2D eigenvalue weighted by Gasteiger charge is 2.16. The Kier molecular flexibility index (Phi) is 4.99. The molecule has 0 bridgehead atoms. The number of hydrazine groups is 1. The first-order chi connectivity index (χ1) is 9.11. The summed E-state index contributed by atoms with van der Waals surface area (Å²) >= 11 is 5.19. The van der Waals surface area contributed by atoms with Crippen LogP contribution in [0, 0.1) is 0 Å². The molecule has 0 saturated carbocycles. The second-order valence-electron chi connectivity index (χ2n) is 4.51. The van der Waals surface area contributed by atoms with Crippen LogP contribution in [0.25, 0.3) is 0 Å². The second-order valence-corrected chi connectivity index (χ2v) is 6.11. The van der Waals surface area contributed by atoms with E-state index >= 15 is 0 Å². The van der Waals surface area contributed by atoms with Crippen molar-refractivity contribution in [1.82, 2.24) is 5.43 Å². The lowest BCUT2D eigenvalue weighted by molar-refractivity contribution is 0.242. The molecule has 2 aromatic rings. The highest BCUT2D eigenvalue weighted by atomic mass is 79.9. The van der Waals surface area contributed by atoms with Crippen molar-refractivity contribution in [3.8, 4) is 5.75 Å². The molecule has 0 fully saturated rings. The Hall–Kier alpha value is -0.880. The summed E-state index contributed by atoms with van der Waals surface area (Å²) in [4.78, 5) is 0. The minimum absolute atomic E-state index is 0.0451. The third-order valence-electron chi connectivity index (χ3n) is 2.68. The number of nitrogens with two attached hydrogens (primary N) is 1. The molecule has 0 aliphatic heterocycles. The predicted molar refractivity (Wildman–Crippen MR) is 83.4 cm³/mol. The van der Waals surface area contributed by atoms with Gasteiger partial charge < -0.3 is 4.74 Å². The van der Waals surface area contributed by atoms with E-state index in [4.69, 9.17) is 10.6 Å².